The predicted octanol–water partition coefficient (Wildman–Crippen LogP) is 4.35. The third-order valence-corrected chi connectivity index (χ3v) is 3.89. The molecule has 26 heavy (non-hydrogen) atoms. The van der Waals surface area contributed by atoms with Gasteiger partial charge in [-0.3, -0.25) is 10.1 Å². The number of aliphatic hydroxyl groups is 1. The Hall–Kier alpha value is -2.90. The van der Waals surface area contributed by atoms with Crippen LogP contribution >= 0.6 is 11.6 Å². The van der Waals surface area contributed by atoms with E-state index in [-0.39, 0.29) is 12.5 Å². The molecule has 0 fully saturated rings. The first kappa shape index (κ1) is 17.9. The standard InChI is InChI=1S/C18H16ClN3O4/c19-12-2-6-15-16(20-8-1-9-23)11-13(21-17(15)10-12)3-4-14-5-7-18(26-14)22(24)25/h2-7,10-11,23H,1,8-9H2,(H,20,21)/b4-3+. The van der Waals surface area contributed by atoms with E-state index < -0.39 is 4.92 Å². The molecule has 0 bridgehead atoms. The van der Waals surface area contributed by atoms with Gasteiger partial charge >= 0.3 is 5.88 Å². The maximum Gasteiger partial charge on any atom is 0.433 e. The molecule has 0 radical (unpaired) electrons. The van der Waals surface area contributed by atoms with Gasteiger partial charge in [0.05, 0.1) is 17.3 Å². The highest BCUT2D eigenvalue weighted by Crippen LogP contribution is 2.27. The van der Waals surface area contributed by atoms with E-state index in [4.69, 9.17) is 21.1 Å². The minimum atomic E-state index is -0.587. The van der Waals surface area contributed by atoms with Crippen LogP contribution in [0.25, 0.3) is 23.1 Å². The lowest BCUT2D eigenvalue weighted by Crippen LogP contribution is -2.04. The van der Waals surface area contributed by atoms with Crippen LogP contribution in [0.4, 0.5) is 11.6 Å². The van der Waals surface area contributed by atoms with Crippen LogP contribution < -0.4 is 5.32 Å². The van der Waals surface area contributed by atoms with Crippen molar-refractivity contribution in [2.24, 2.45) is 0 Å². The monoisotopic (exact) mass is 373 g/mol. The molecule has 0 saturated carbocycles. The second kappa shape index (κ2) is 7.99. The number of rotatable bonds is 7. The van der Waals surface area contributed by atoms with Crippen molar-refractivity contribution in [2.45, 2.75) is 6.42 Å². The van der Waals surface area contributed by atoms with Crippen LogP contribution in [0.1, 0.15) is 17.9 Å². The molecule has 0 aliphatic carbocycles. The minimum Gasteiger partial charge on any atom is -0.401 e. The van der Waals surface area contributed by atoms with Crippen LogP contribution in [0.15, 0.2) is 40.8 Å². The van der Waals surface area contributed by atoms with E-state index in [2.05, 4.69) is 10.3 Å². The summed E-state index contributed by atoms with van der Waals surface area (Å²) in [6.45, 7) is 0.720. The smallest absolute Gasteiger partial charge is 0.401 e. The molecule has 0 saturated heterocycles. The number of benzene rings is 1. The Morgan fingerprint density at radius 1 is 1.27 bits per heavy atom. The normalized spacial score (nSPS) is 11.3. The number of furan rings is 1. The molecule has 3 aromatic rings. The fourth-order valence-electron chi connectivity index (χ4n) is 2.45. The Morgan fingerprint density at radius 2 is 2.12 bits per heavy atom. The van der Waals surface area contributed by atoms with Crippen molar-refractivity contribution >= 4 is 46.2 Å². The lowest BCUT2D eigenvalue weighted by atomic mass is 10.1. The summed E-state index contributed by atoms with van der Waals surface area (Å²) >= 11 is 6.07. The van der Waals surface area contributed by atoms with Gasteiger partial charge in [0.15, 0.2) is 0 Å². The third kappa shape index (κ3) is 4.19. The molecule has 0 spiro atoms. The van der Waals surface area contributed by atoms with E-state index in [1.165, 1.54) is 12.1 Å². The van der Waals surface area contributed by atoms with E-state index in [1.54, 1.807) is 24.3 Å². The molecule has 0 unspecified atom stereocenters. The summed E-state index contributed by atoms with van der Waals surface area (Å²) in [5, 5.41) is 24.4. The zero-order chi connectivity index (χ0) is 18.5. The van der Waals surface area contributed by atoms with E-state index in [0.717, 1.165) is 16.6 Å². The van der Waals surface area contributed by atoms with Crippen molar-refractivity contribution in [2.75, 3.05) is 18.5 Å². The van der Waals surface area contributed by atoms with Crippen molar-refractivity contribution in [3.8, 4) is 0 Å². The molecule has 1 aromatic carbocycles. The van der Waals surface area contributed by atoms with E-state index in [9.17, 15) is 10.1 Å². The van der Waals surface area contributed by atoms with Gasteiger partial charge in [-0.1, -0.05) is 11.6 Å². The number of pyridine rings is 1. The lowest BCUT2D eigenvalue weighted by molar-refractivity contribution is -0.402. The molecule has 2 N–H and O–H groups in total. The third-order valence-electron chi connectivity index (χ3n) is 3.65. The van der Waals surface area contributed by atoms with Crippen molar-refractivity contribution < 1.29 is 14.4 Å². The first-order valence-corrected chi connectivity index (χ1v) is 8.32. The van der Waals surface area contributed by atoms with E-state index in [1.807, 2.05) is 12.1 Å². The van der Waals surface area contributed by atoms with Gasteiger partial charge in [-0.25, -0.2) is 4.98 Å². The summed E-state index contributed by atoms with van der Waals surface area (Å²) in [5.74, 6) is 0.0498. The van der Waals surface area contributed by atoms with Gasteiger partial charge in [0, 0.05) is 29.2 Å². The molecule has 0 amide bonds. The molecule has 0 atom stereocenters. The largest absolute Gasteiger partial charge is 0.433 e. The Kier molecular flexibility index (Phi) is 5.50. The number of halogens is 1. The predicted molar refractivity (Wildman–Crippen MR) is 101 cm³/mol. The highest BCUT2D eigenvalue weighted by atomic mass is 35.5. The van der Waals surface area contributed by atoms with Crippen LogP contribution in [0.5, 0.6) is 0 Å². The molecular formula is C18H16ClN3O4. The number of hydrogen-bond donors (Lipinski definition) is 2. The number of aromatic nitrogens is 1. The number of nitrogens with zero attached hydrogens (tertiary/aromatic N) is 2. The van der Waals surface area contributed by atoms with Crippen LogP contribution in [-0.4, -0.2) is 28.2 Å². The molecule has 0 aliphatic rings. The Bertz CT molecular complexity index is 968. The van der Waals surface area contributed by atoms with Crippen molar-refractivity contribution in [3.63, 3.8) is 0 Å². The SMILES string of the molecule is O=[N+]([O-])c1ccc(/C=C/c2cc(NCCCO)c3ccc(Cl)cc3n2)o1. The van der Waals surface area contributed by atoms with Gasteiger partial charge in [-0.15, -0.1) is 0 Å². The molecule has 134 valence electrons. The van der Waals surface area contributed by atoms with Gasteiger partial charge in [0.25, 0.3) is 0 Å². The molecule has 2 heterocycles. The number of nitro groups is 1. The Balaban J connectivity index is 1.93. The topological polar surface area (TPSA) is 101 Å². The van der Waals surface area contributed by atoms with Crippen molar-refractivity contribution in [3.05, 3.63) is 63.0 Å². The lowest BCUT2D eigenvalue weighted by Gasteiger charge is -2.10. The molecule has 0 aliphatic heterocycles. The molecule has 3 rings (SSSR count). The number of anilines is 1. The number of aliphatic hydroxyl groups excluding tert-OH is 1. The summed E-state index contributed by atoms with van der Waals surface area (Å²) in [6, 6.07) is 10.1. The zero-order valence-corrected chi connectivity index (χ0v) is 14.4. The fourth-order valence-corrected chi connectivity index (χ4v) is 2.62. The summed E-state index contributed by atoms with van der Waals surface area (Å²) in [6.07, 6.45) is 3.95. The van der Waals surface area contributed by atoms with E-state index >= 15 is 0 Å². The van der Waals surface area contributed by atoms with Gasteiger partial charge in [-0.2, -0.15) is 0 Å². The van der Waals surface area contributed by atoms with Crippen LogP contribution in [0, 0.1) is 10.1 Å². The summed E-state index contributed by atoms with van der Waals surface area (Å²) in [7, 11) is 0. The maximum absolute atomic E-state index is 10.7. The second-order valence-corrected chi connectivity index (χ2v) is 5.96. The van der Waals surface area contributed by atoms with Gasteiger partial charge in [0.1, 0.15) is 10.7 Å². The zero-order valence-electron chi connectivity index (χ0n) is 13.7. The Labute approximate surface area is 154 Å². The van der Waals surface area contributed by atoms with Crippen molar-refractivity contribution in [1.29, 1.82) is 0 Å². The molecule has 2 aromatic heterocycles. The second-order valence-electron chi connectivity index (χ2n) is 5.53. The van der Waals surface area contributed by atoms with E-state index in [0.29, 0.717) is 29.4 Å². The summed E-state index contributed by atoms with van der Waals surface area (Å²) in [4.78, 5) is 14.6. The van der Waals surface area contributed by atoms with Gasteiger partial charge in [-0.05, 0) is 48.9 Å². The number of fused-ring (bicyclic) bond motifs is 1. The minimum absolute atomic E-state index is 0.103. The maximum atomic E-state index is 10.7. The summed E-state index contributed by atoms with van der Waals surface area (Å²) < 4.78 is 5.10. The number of hydrogen-bond acceptors (Lipinski definition) is 6. The quantitative estimate of drug-likeness (QED) is 0.362. The first-order chi connectivity index (χ1) is 12.6. The van der Waals surface area contributed by atoms with Gasteiger partial charge in [0.2, 0.25) is 0 Å². The number of nitrogens with one attached hydrogen (secondary N) is 1. The average molecular weight is 374 g/mol. The van der Waals surface area contributed by atoms with Crippen LogP contribution in [0.3, 0.4) is 0 Å². The van der Waals surface area contributed by atoms with Gasteiger partial charge < -0.3 is 14.8 Å². The molecule has 8 heteroatoms. The average Bonchev–Trinajstić information content (AvgIpc) is 3.09. The van der Waals surface area contributed by atoms with Crippen LogP contribution in [0.2, 0.25) is 5.02 Å². The Morgan fingerprint density at radius 3 is 2.85 bits per heavy atom. The van der Waals surface area contributed by atoms with Crippen LogP contribution in [-0.2, 0) is 0 Å². The van der Waals surface area contributed by atoms with Crippen molar-refractivity contribution in [1.82, 2.24) is 4.98 Å². The fraction of sp³-hybridized carbons (Fsp3) is 0.167. The highest BCUT2D eigenvalue weighted by molar-refractivity contribution is 6.31. The molecular weight excluding hydrogens is 358 g/mol. The first-order valence-electron chi connectivity index (χ1n) is 7.94. The molecule has 7 nitrogen and oxygen atoms in total. The summed E-state index contributed by atoms with van der Waals surface area (Å²) in [5.41, 5.74) is 2.23. The highest BCUT2D eigenvalue weighted by Gasteiger charge is 2.10.